The maximum Gasteiger partial charge on any atom is 0.246 e. The van der Waals surface area contributed by atoms with Crippen LogP contribution >= 0.6 is 0 Å². The van der Waals surface area contributed by atoms with Gasteiger partial charge in [-0.15, -0.1) is 0 Å². The first kappa shape index (κ1) is 9.69. The van der Waals surface area contributed by atoms with Gasteiger partial charge in [-0.2, -0.15) is 4.98 Å². The third kappa shape index (κ3) is 1.97. The Morgan fingerprint density at radius 3 is 3.07 bits per heavy atom. The van der Waals surface area contributed by atoms with Crippen LogP contribution in [-0.4, -0.2) is 31.8 Å². The highest BCUT2D eigenvalue weighted by Gasteiger charge is 2.14. The van der Waals surface area contributed by atoms with Gasteiger partial charge in [0.15, 0.2) is 0 Å². The smallest absolute Gasteiger partial charge is 0.246 e. The number of aliphatic hydroxyl groups excluding tert-OH is 1. The summed E-state index contributed by atoms with van der Waals surface area (Å²) in [5.74, 6) is 0.516. The fraction of sp³-hybridized carbons (Fsp3) is 0.250. The van der Waals surface area contributed by atoms with E-state index in [1.165, 1.54) is 6.33 Å². The lowest BCUT2D eigenvalue weighted by Gasteiger charge is -1.98. The predicted molar refractivity (Wildman–Crippen MR) is 49.3 cm³/mol. The molecule has 7 nitrogen and oxygen atoms in total. The monoisotopic (exact) mass is 207 g/mol. The van der Waals surface area contributed by atoms with E-state index in [9.17, 15) is 0 Å². The molecular formula is C8H9N5O2. The van der Waals surface area contributed by atoms with Crippen LogP contribution in [0.3, 0.4) is 0 Å². The molecule has 2 rings (SSSR count). The van der Waals surface area contributed by atoms with E-state index in [2.05, 4.69) is 20.1 Å². The van der Waals surface area contributed by atoms with Gasteiger partial charge in [-0.25, -0.2) is 9.97 Å². The van der Waals surface area contributed by atoms with E-state index < -0.39 is 6.04 Å². The first-order chi connectivity index (χ1) is 7.31. The van der Waals surface area contributed by atoms with Crippen LogP contribution in [0, 0.1) is 0 Å². The Bertz CT molecular complexity index is 430. The second kappa shape index (κ2) is 4.11. The SMILES string of the molecule is N[C@@H](CO)c1nc(-c2ccncn2)no1. The largest absolute Gasteiger partial charge is 0.394 e. The summed E-state index contributed by atoms with van der Waals surface area (Å²) in [5.41, 5.74) is 6.05. The van der Waals surface area contributed by atoms with Crippen molar-refractivity contribution in [1.29, 1.82) is 0 Å². The van der Waals surface area contributed by atoms with Crippen molar-refractivity contribution in [3.8, 4) is 11.5 Å². The molecule has 0 aliphatic heterocycles. The van der Waals surface area contributed by atoms with Crippen LogP contribution in [0.2, 0.25) is 0 Å². The molecule has 0 amide bonds. The number of hydrogen-bond donors (Lipinski definition) is 2. The minimum Gasteiger partial charge on any atom is -0.394 e. The highest BCUT2D eigenvalue weighted by molar-refractivity contribution is 5.46. The van der Waals surface area contributed by atoms with Crippen molar-refractivity contribution >= 4 is 0 Å². The fourth-order valence-electron chi connectivity index (χ4n) is 0.991. The highest BCUT2D eigenvalue weighted by Crippen LogP contribution is 2.14. The van der Waals surface area contributed by atoms with Crippen LogP contribution in [-0.2, 0) is 0 Å². The minimum absolute atomic E-state index is 0.186. The number of aromatic nitrogens is 4. The molecule has 0 saturated carbocycles. The van der Waals surface area contributed by atoms with Gasteiger partial charge in [0.2, 0.25) is 11.7 Å². The van der Waals surface area contributed by atoms with Gasteiger partial charge in [0.25, 0.3) is 0 Å². The number of hydrogen-bond acceptors (Lipinski definition) is 7. The molecule has 2 heterocycles. The maximum atomic E-state index is 8.79. The second-order valence-electron chi connectivity index (χ2n) is 2.84. The Balaban J connectivity index is 2.28. The van der Waals surface area contributed by atoms with Crippen LogP contribution in [0.4, 0.5) is 0 Å². The standard InChI is InChI=1S/C8H9N5O2/c9-5(3-14)8-12-7(13-15-8)6-1-2-10-4-11-6/h1-2,4-5,14H,3,9H2/t5-/m0/s1. The highest BCUT2D eigenvalue weighted by atomic mass is 16.5. The Morgan fingerprint density at radius 2 is 2.40 bits per heavy atom. The summed E-state index contributed by atoms with van der Waals surface area (Å²) in [5, 5.41) is 12.5. The van der Waals surface area contributed by atoms with Gasteiger partial charge in [0.1, 0.15) is 18.1 Å². The van der Waals surface area contributed by atoms with Crippen LogP contribution in [0.25, 0.3) is 11.5 Å². The van der Waals surface area contributed by atoms with Crippen molar-refractivity contribution in [2.24, 2.45) is 5.73 Å². The van der Waals surface area contributed by atoms with E-state index in [0.29, 0.717) is 11.5 Å². The lowest BCUT2D eigenvalue weighted by molar-refractivity contribution is 0.237. The normalized spacial score (nSPS) is 12.7. The average Bonchev–Trinajstić information content (AvgIpc) is 2.78. The molecule has 3 N–H and O–H groups in total. The Kier molecular flexibility index (Phi) is 2.66. The van der Waals surface area contributed by atoms with E-state index in [-0.39, 0.29) is 12.5 Å². The summed E-state index contributed by atoms with van der Waals surface area (Å²) < 4.78 is 4.87. The summed E-state index contributed by atoms with van der Waals surface area (Å²) in [6, 6.07) is 0.993. The van der Waals surface area contributed by atoms with E-state index in [0.717, 1.165) is 0 Å². The molecule has 0 fully saturated rings. The fourth-order valence-corrected chi connectivity index (χ4v) is 0.991. The van der Waals surface area contributed by atoms with Gasteiger partial charge in [-0.05, 0) is 6.07 Å². The lowest BCUT2D eigenvalue weighted by atomic mass is 10.3. The molecule has 0 saturated heterocycles. The molecule has 0 spiro atoms. The Labute approximate surface area is 85.0 Å². The van der Waals surface area contributed by atoms with Gasteiger partial charge >= 0.3 is 0 Å². The predicted octanol–water partition coefficient (Wildman–Crippen LogP) is -0.481. The third-order valence-electron chi connectivity index (χ3n) is 1.77. The van der Waals surface area contributed by atoms with E-state index in [4.69, 9.17) is 15.4 Å². The first-order valence-corrected chi connectivity index (χ1v) is 4.27. The van der Waals surface area contributed by atoms with Crippen molar-refractivity contribution in [1.82, 2.24) is 20.1 Å². The number of nitrogens with two attached hydrogens (primary N) is 1. The second-order valence-corrected chi connectivity index (χ2v) is 2.84. The molecule has 0 radical (unpaired) electrons. The zero-order valence-electron chi connectivity index (χ0n) is 7.74. The molecule has 15 heavy (non-hydrogen) atoms. The quantitative estimate of drug-likeness (QED) is 0.699. The zero-order valence-corrected chi connectivity index (χ0v) is 7.74. The number of rotatable bonds is 3. The Morgan fingerprint density at radius 1 is 1.53 bits per heavy atom. The Hall–Kier alpha value is -1.86. The van der Waals surface area contributed by atoms with Crippen LogP contribution in [0.5, 0.6) is 0 Å². The van der Waals surface area contributed by atoms with Crippen molar-refractivity contribution in [3.63, 3.8) is 0 Å². The van der Waals surface area contributed by atoms with Crippen molar-refractivity contribution in [2.75, 3.05) is 6.61 Å². The van der Waals surface area contributed by atoms with Gasteiger partial charge in [0, 0.05) is 6.20 Å². The number of nitrogens with zero attached hydrogens (tertiary/aromatic N) is 4. The summed E-state index contributed by atoms with van der Waals surface area (Å²) >= 11 is 0. The molecule has 2 aromatic heterocycles. The zero-order chi connectivity index (χ0) is 10.7. The van der Waals surface area contributed by atoms with Crippen molar-refractivity contribution in [3.05, 3.63) is 24.5 Å². The molecule has 2 aromatic rings. The molecule has 1 atom stereocenters. The van der Waals surface area contributed by atoms with Gasteiger partial charge < -0.3 is 15.4 Å². The summed E-state index contributed by atoms with van der Waals surface area (Å²) in [7, 11) is 0. The van der Waals surface area contributed by atoms with E-state index >= 15 is 0 Å². The third-order valence-corrected chi connectivity index (χ3v) is 1.77. The molecule has 7 heteroatoms. The van der Waals surface area contributed by atoms with Crippen molar-refractivity contribution in [2.45, 2.75) is 6.04 Å². The first-order valence-electron chi connectivity index (χ1n) is 4.27. The van der Waals surface area contributed by atoms with Gasteiger partial charge in [-0.1, -0.05) is 5.16 Å². The summed E-state index contributed by atoms with van der Waals surface area (Å²) in [6.07, 6.45) is 2.96. The molecule has 0 bridgehead atoms. The summed E-state index contributed by atoms with van der Waals surface area (Å²) in [4.78, 5) is 11.7. The van der Waals surface area contributed by atoms with Crippen LogP contribution < -0.4 is 5.73 Å². The topological polar surface area (TPSA) is 111 Å². The van der Waals surface area contributed by atoms with Gasteiger partial charge in [0.05, 0.1) is 6.61 Å². The average molecular weight is 207 g/mol. The van der Waals surface area contributed by atoms with Crippen LogP contribution in [0.15, 0.2) is 23.1 Å². The summed E-state index contributed by atoms with van der Waals surface area (Å²) in [6.45, 7) is -0.245. The van der Waals surface area contributed by atoms with Gasteiger partial charge in [-0.3, -0.25) is 0 Å². The maximum absolute atomic E-state index is 8.79. The van der Waals surface area contributed by atoms with E-state index in [1.54, 1.807) is 12.3 Å². The number of aliphatic hydroxyl groups is 1. The molecule has 78 valence electrons. The van der Waals surface area contributed by atoms with Crippen LogP contribution in [0.1, 0.15) is 11.9 Å². The molecule has 0 aromatic carbocycles. The van der Waals surface area contributed by atoms with Crippen molar-refractivity contribution < 1.29 is 9.63 Å². The molecular weight excluding hydrogens is 198 g/mol. The molecule has 0 aliphatic carbocycles. The van der Waals surface area contributed by atoms with E-state index in [1.807, 2.05) is 0 Å². The molecule has 0 aliphatic rings. The molecule has 0 unspecified atom stereocenters. The minimum atomic E-state index is -0.659. The lowest BCUT2D eigenvalue weighted by Crippen LogP contribution is -2.14.